The molecule has 0 spiro atoms. The zero-order valence-corrected chi connectivity index (χ0v) is 8.82. The second-order valence-electron chi connectivity index (χ2n) is 4.08. The Labute approximate surface area is 89.2 Å². The van der Waals surface area contributed by atoms with Gasteiger partial charge in [0, 0.05) is 6.42 Å². The number of methoxy groups -OCH3 is 1. The number of amides is 1. The van der Waals surface area contributed by atoms with E-state index in [0.29, 0.717) is 12.3 Å². The van der Waals surface area contributed by atoms with Gasteiger partial charge in [-0.25, -0.2) is 0 Å². The molecule has 1 amide bonds. The van der Waals surface area contributed by atoms with Crippen molar-refractivity contribution in [1.82, 2.24) is 0 Å². The first-order chi connectivity index (χ1) is 7.19. The molecule has 0 aromatic heterocycles. The molecule has 1 atom stereocenters. The van der Waals surface area contributed by atoms with Crippen molar-refractivity contribution in [3.8, 4) is 5.75 Å². The third-order valence-corrected chi connectivity index (χ3v) is 2.92. The van der Waals surface area contributed by atoms with Crippen molar-refractivity contribution >= 4 is 5.91 Å². The summed E-state index contributed by atoms with van der Waals surface area (Å²) in [5, 5.41) is 0. The molecule has 2 N–H and O–H groups in total. The Hall–Kier alpha value is -1.51. The minimum absolute atomic E-state index is 0.209. The van der Waals surface area contributed by atoms with Gasteiger partial charge >= 0.3 is 0 Å². The van der Waals surface area contributed by atoms with Crippen molar-refractivity contribution in [2.45, 2.75) is 19.3 Å². The van der Waals surface area contributed by atoms with E-state index in [9.17, 15) is 4.79 Å². The number of rotatable bonds is 3. The Morgan fingerprint density at radius 1 is 1.47 bits per heavy atom. The standard InChI is InChI=1S/C12H15NO2/c1-15-11-3-2-9-4-8(6-12(13)14)5-10(9)7-11/h2-3,7-8H,4-6H2,1H3,(H2,13,14). The molecule has 3 nitrogen and oxygen atoms in total. The Balaban J connectivity index is 2.13. The minimum atomic E-state index is -0.209. The quantitative estimate of drug-likeness (QED) is 0.808. The first kappa shape index (κ1) is 10.0. The number of hydrogen-bond acceptors (Lipinski definition) is 2. The van der Waals surface area contributed by atoms with E-state index < -0.39 is 0 Å². The molecule has 0 bridgehead atoms. The molecular weight excluding hydrogens is 190 g/mol. The molecule has 15 heavy (non-hydrogen) atoms. The third kappa shape index (κ3) is 2.12. The van der Waals surface area contributed by atoms with Crippen LogP contribution in [0.4, 0.5) is 0 Å². The molecule has 0 saturated heterocycles. The summed E-state index contributed by atoms with van der Waals surface area (Å²) in [7, 11) is 1.66. The number of carbonyl (C=O) groups is 1. The van der Waals surface area contributed by atoms with Gasteiger partial charge in [0.15, 0.2) is 0 Å². The first-order valence-electron chi connectivity index (χ1n) is 5.13. The molecule has 1 aromatic rings. The van der Waals surface area contributed by atoms with E-state index in [0.717, 1.165) is 18.6 Å². The lowest BCUT2D eigenvalue weighted by Gasteiger charge is -2.03. The van der Waals surface area contributed by atoms with Crippen LogP contribution in [0.1, 0.15) is 17.5 Å². The van der Waals surface area contributed by atoms with Crippen molar-refractivity contribution in [2.75, 3.05) is 7.11 Å². The van der Waals surface area contributed by atoms with Crippen LogP contribution in [0.5, 0.6) is 5.75 Å². The number of carbonyl (C=O) groups excluding carboxylic acids is 1. The highest BCUT2D eigenvalue weighted by Gasteiger charge is 2.22. The molecule has 1 aliphatic carbocycles. The van der Waals surface area contributed by atoms with Crippen LogP contribution in [-0.4, -0.2) is 13.0 Å². The molecule has 2 rings (SSSR count). The summed E-state index contributed by atoms with van der Waals surface area (Å²) >= 11 is 0. The van der Waals surface area contributed by atoms with Crippen LogP contribution < -0.4 is 10.5 Å². The molecule has 3 heteroatoms. The molecule has 0 fully saturated rings. The lowest BCUT2D eigenvalue weighted by molar-refractivity contribution is -0.118. The van der Waals surface area contributed by atoms with E-state index in [1.807, 2.05) is 6.07 Å². The highest BCUT2D eigenvalue weighted by atomic mass is 16.5. The fourth-order valence-electron chi connectivity index (χ4n) is 2.24. The van der Waals surface area contributed by atoms with Crippen LogP contribution in [-0.2, 0) is 17.6 Å². The number of nitrogens with two attached hydrogens (primary N) is 1. The maximum atomic E-state index is 10.8. The SMILES string of the molecule is COc1ccc2c(c1)CC(CC(N)=O)C2. The lowest BCUT2D eigenvalue weighted by atomic mass is 10.0. The molecule has 0 saturated carbocycles. The van der Waals surface area contributed by atoms with Crippen LogP contribution in [0.3, 0.4) is 0 Å². The maximum Gasteiger partial charge on any atom is 0.217 e. The van der Waals surface area contributed by atoms with E-state index in [1.54, 1.807) is 7.11 Å². The first-order valence-corrected chi connectivity index (χ1v) is 5.13. The van der Waals surface area contributed by atoms with Gasteiger partial charge in [0.25, 0.3) is 0 Å². The minimum Gasteiger partial charge on any atom is -0.497 e. The summed E-state index contributed by atoms with van der Waals surface area (Å²) in [6.45, 7) is 0. The Morgan fingerprint density at radius 2 is 2.20 bits per heavy atom. The topological polar surface area (TPSA) is 52.3 Å². The number of fused-ring (bicyclic) bond motifs is 1. The fraction of sp³-hybridized carbons (Fsp3) is 0.417. The molecular formula is C12H15NO2. The van der Waals surface area contributed by atoms with Crippen molar-refractivity contribution in [2.24, 2.45) is 11.7 Å². The second-order valence-corrected chi connectivity index (χ2v) is 4.08. The molecule has 1 aromatic carbocycles. The van der Waals surface area contributed by atoms with Gasteiger partial charge in [-0.1, -0.05) is 6.07 Å². The van der Waals surface area contributed by atoms with Gasteiger partial charge in [0.1, 0.15) is 5.75 Å². The van der Waals surface area contributed by atoms with Gasteiger partial charge in [-0.2, -0.15) is 0 Å². The Kier molecular flexibility index (Phi) is 2.62. The molecule has 0 heterocycles. The summed E-state index contributed by atoms with van der Waals surface area (Å²) in [4.78, 5) is 10.8. The zero-order chi connectivity index (χ0) is 10.8. The molecule has 0 radical (unpaired) electrons. The predicted molar refractivity (Wildman–Crippen MR) is 57.7 cm³/mol. The zero-order valence-electron chi connectivity index (χ0n) is 8.82. The summed E-state index contributed by atoms with van der Waals surface area (Å²) in [6, 6.07) is 6.09. The lowest BCUT2D eigenvalue weighted by Crippen LogP contribution is -2.16. The van der Waals surface area contributed by atoms with E-state index in [4.69, 9.17) is 10.5 Å². The second kappa shape index (κ2) is 3.93. The van der Waals surface area contributed by atoms with Crippen LogP contribution in [0.15, 0.2) is 18.2 Å². The largest absolute Gasteiger partial charge is 0.497 e. The van der Waals surface area contributed by atoms with E-state index in [-0.39, 0.29) is 5.91 Å². The van der Waals surface area contributed by atoms with Gasteiger partial charge in [0.05, 0.1) is 7.11 Å². The van der Waals surface area contributed by atoms with Crippen LogP contribution >= 0.6 is 0 Å². The molecule has 80 valence electrons. The summed E-state index contributed by atoms with van der Waals surface area (Å²) < 4.78 is 5.16. The summed E-state index contributed by atoms with van der Waals surface area (Å²) in [5.41, 5.74) is 7.81. The normalized spacial score (nSPS) is 18.6. The van der Waals surface area contributed by atoms with Crippen LogP contribution in [0.2, 0.25) is 0 Å². The number of hydrogen-bond donors (Lipinski definition) is 1. The molecule has 1 aliphatic rings. The van der Waals surface area contributed by atoms with Crippen molar-refractivity contribution in [3.05, 3.63) is 29.3 Å². The van der Waals surface area contributed by atoms with Crippen LogP contribution in [0.25, 0.3) is 0 Å². The smallest absolute Gasteiger partial charge is 0.217 e. The fourth-order valence-corrected chi connectivity index (χ4v) is 2.24. The monoisotopic (exact) mass is 205 g/mol. The highest BCUT2D eigenvalue weighted by molar-refractivity contribution is 5.74. The highest BCUT2D eigenvalue weighted by Crippen LogP contribution is 2.31. The average molecular weight is 205 g/mol. The van der Waals surface area contributed by atoms with E-state index >= 15 is 0 Å². The number of benzene rings is 1. The molecule has 0 aliphatic heterocycles. The van der Waals surface area contributed by atoms with Crippen LogP contribution in [0, 0.1) is 5.92 Å². The van der Waals surface area contributed by atoms with Crippen molar-refractivity contribution in [3.63, 3.8) is 0 Å². The average Bonchev–Trinajstić information content (AvgIpc) is 2.57. The van der Waals surface area contributed by atoms with Gasteiger partial charge < -0.3 is 10.5 Å². The van der Waals surface area contributed by atoms with E-state index in [1.165, 1.54) is 11.1 Å². The van der Waals surface area contributed by atoms with Crippen molar-refractivity contribution < 1.29 is 9.53 Å². The number of primary amides is 1. The van der Waals surface area contributed by atoms with Gasteiger partial charge in [-0.05, 0) is 42.0 Å². The van der Waals surface area contributed by atoms with Gasteiger partial charge in [-0.3, -0.25) is 4.79 Å². The Bertz CT molecular complexity index is 387. The van der Waals surface area contributed by atoms with Gasteiger partial charge in [-0.15, -0.1) is 0 Å². The van der Waals surface area contributed by atoms with Crippen molar-refractivity contribution in [1.29, 1.82) is 0 Å². The summed E-state index contributed by atoms with van der Waals surface area (Å²) in [5.74, 6) is 1.05. The summed E-state index contributed by atoms with van der Waals surface area (Å²) in [6.07, 6.45) is 2.38. The molecule has 1 unspecified atom stereocenters. The number of ether oxygens (including phenoxy) is 1. The van der Waals surface area contributed by atoms with Gasteiger partial charge in [0.2, 0.25) is 5.91 Å². The Morgan fingerprint density at radius 3 is 2.87 bits per heavy atom. The predicted octanol–water partition coefficient (Wildman–Crippen LogP) is 1.29. The third-order valence-electron chi connectivity index (χ3n) is 2.92. The maximum absolute atomic E-state index is 10.8. The van der Waals surface area contributed by atoms with E-state index in [2.05, 4.69) is 12.1 Å².